The zero-order chi connectivity index (χ0) is 13.7. The Hall–Kier alpha value is -1.67. The van der Waals surface area contributed by atoms with Crippen LogP contribution in [0.25, 0.3) is 0 Å². The van der Waals surface area contributed by atoms with Gasteiger partial charge in [-0.15, -0.1) is 11.3 Å². The third-order valence-electron chi connectivity index (χ3n) is 2.07. The van der Waals surface area contributed by atoms with E-state index in [2.05, 4.69) is 15.6 Å². The first-order valence-electron chi connectivity index (χ1n) is 5.31. The van der Waals surface area contributed by atoms with Gasteiger partial charge in [0.05, 0.1) is 12.2 Å². The molecule has 1 unspecified atom stereocenters. The normalized spacial score (nSPS) is 12.2. The number of aliphatic hydroxyl groups excluding tert-OH is 1. The van der Waals surface area contributed by atoms with Crippen molar-refractivity contribution in [3.05, 3.63) is 11.1 Å². The quantitative estimate of drug-likeness (QED) is 0.635. The lowest BCUT2D eigenvalue weighted by atomic mass is 10.2. The van der Waals surface area contributed by atoms with Crippen molar-refractivity contribution in [1.29, 1.82) is 0 Å². The topological polar surface area (TPSA) is 112 Å². The maximum absolute atomic E-state index is 11.4. The summed E-state index contributed by atoms with van der Waals surface area (Å²) in [6.45, 7) is 3.62. The van der Waals surface area contributed by atoms with Gasteiger partial charge in [0, 0.05) is 5.38 Å². The molecule has 2 amide bonds. The molecule has 0 aliphatic heterocycles. The first kappa shape index (κ1) is 14.4. The second-order valence-electron chi connectivity index (χ2n) is 3.92. The van der Waals surface area contributed by atoms with Gasteiger partial charge in [-0.05, 0) is 5.92 Å². The Bertz CT molecular complexity index is 433. The number of carbonyl (C=O) groups is 2. The van der Waals surface area contributed by atoms with Crippen LogP contribution < -0.4 is 10.6 Å². The average molecular weight is 273 g/mol. The van der Waals surface area contributed by atoms with Gasteiger partial charge in [-0.1, -0.05) is 13.8 Å². The fraction of sp³-hybridized carbons (Fsp3) is 0.500. The minimum atomic E-state index is -1.61. The van der Waals surface area contributed by atoms with Crippen molar-refractivity contribution in [3.8, 4) is 0 Å². The number of nitrogens with zero attached hydrogens (tertiary/aromatic N) is 1. The van der Waals surface area contributed by atoms with Gasteiger partial charge in [0.15, 0.2) is 11.2 Å². The molecular formula is C10H15N3O4S. The number of carboxylic acids is 1. The fourth-order valence-electron chi connectivity index (χ4n) is 1.03. The van der Waals surface area contributed by atoms with E-state index in [1.807, 2.05) is 19.2 Å². The van der Waals surface area contributed by atoms with Crippen LogP contribution in [0.1, 0.15) is 25.5 Å². The number of rotatable bonds is 5. The van der Waals surface area contributed by atoms with E-state index >= 15 is 0 Å². The van der Waals surface area contributed by atoms with Crippen LogP contribution in [-0.2, 0) is 4.79 Å². The average Bonchev–Trinajstić information content (AvgIpc) is 2.74. The van der Waals surface area contributed by atoms with Crippen LogP contribution in [0.3, 0.4) is 0 Å². The minimum absolute atomic E-state index is 0.272. The summed E-state index contributed by atoms with van der Waals surface area (Å²) in [6, 6.07) is -0.597. The summed E-state index contributed by atoms with van der Waals surface area (Å²) >= 11 is 1.28. The highest BCUT2D eigenvalue weighted by molar-refractivity contribution is 7.13. The molecule has 18 heavy (non-hydrogen) atoms. The van der Waals surface area contributed by atoms with Crippen molar-refractivity contribution in [2.24, 2.45) is 0 Å². The molecule has 1 aromatic heterocycles. The van der Waals surface area contributed by atoms with E-state index in [1.54, 1.807) is 0 Å². The number of aromatic nitrogens is 1. The molecular weight excluding hydrogens is 258 g/mol. The van der Waals surface area contributed by atoms with Crippen LogP contribution in [0.5, 0.6) is 0 Å². The van der Waals surface area contributed by atoms with Crippen LogP contribution >= 0.6 is 11.3 Å². The van der Waals surface area contributed by atoms with Crippen molar-refractivity contribution >= 4 is 28.5 Å². The second-order valence-corrected chi connectivity index (χ2v) is 4.78. The molecule has 0 aliphatic rings. The van der Waals surface area contributed by atoms with E-state index < -0.39 is 18.1 Å². The molecule has 0 saturated heterocycles. The molecule has 0 fully saturated rings. The van der Waals surface area contributed by atoms with E-state index in [0.29, 0.717) is 5.13 Å². The largest absolute Gasteiger partial charge is 0.479 e. The van der Waals surface area contributed by atoms with Crippen molar-refractivity contribution in [1.82, 2.24) is 10.3 Å². The molecule has 1 rings (SSSR count). The molecule has 8 heteroatoms. The van der Waals surface area contributed by atoms with Gasteiger partial charge in [0.1, 0.15) is 0 Å². The number of aliphatic hydroxyl groups is 1. The summed E-state index contributed by atoms with van der Waals surface area (Å²) in [7, 11) is 0. The Morgan fingerprint density at radius 3 is 2.67 bits per heavy atom. The molecule has 1 aromatic rings. The number of nitrogens with one attached hydrogen (secondary N) is 2. The van der Waals surface area contributed by atoms with Crippen LogP contribution in [0.15, 0.2) is 5.38 Å². The third-order valence-corrected chi connectivity index (χ3v) is 2.85. The summed E-state index contributed by atoms with van der Waals surface area (Å²) in [4.78, 5) is 25.9. The van der Waals surface area contributed by atoms with E-state index in [4.69, 9.17) is 10.2 Å². The standard InChI is InChI=1S/C10H15N3O4S/c1-5(2)6-4-18-10(12-6)13-9(17)11-3-7(14)8(15)16/h4-5,7,14H,3H2,1-2H3,(H,15,16)(H2,11,12,13,17). The monoisotopic (exact) mass is 273 g/mol. The van der Waals surface area contributed by atoms with Crippen molar-refractivity contribution in [3.63, 3.8) is 0 Å². The summed E-state index contributed by atoms with van der Waals surface area (Å²) in [5.41, 5.74) is 0.876. The van der Waals surface area contributed by atoms with Gasteiger partial charge < -0.3 is 15.5 Å². The van der Waals surface area contributed by atoms with Crippen molar-refractivity contribution in [2.45, 2.75) is 25.9 Å². The predicted octanol–water partition coefficient (Wildman–Crippen LogP) is 0.834. The Kier molecular flexibility index (Phi) is 5.05. The highest BCUT2D eigenvalue weighted by Crippen LogP contribution is 2.21. The van der Waals surface area contributed by atoms with Crippen LogP contribution in [0, 0.1) is 0 Å². The molecule has 100 valence electrons. The lowest BCUT2D eigenvalue weighted by Crippen LogP contribution is -2.38. The predicted molar refractivity (Wildman–Crippen MR) is 66.9 cm³/mol. The fourth-order valence-corrected chi connectivity index (χ4v) is 1.89. The van der Waals surface area contributed by atoms with E-state index in [9.17, 15) is 9.59 Å². The molecule has 0 aromatic carbocycles. The highest BCUT2D eigenvalue weighted by atomic mass is 32.1. The molecule has 0 aliphatic carbocycles. The number of hydrogen-bond acceptors (Lipinski definition) is 5. The summed E-state index contributed by atoms with van der Waals surface area (Å²) in [5.74, 6) is -1.11. The first-order chi connectivity index (χ1) is 8.40. The number of carboxylic acid groups (broad SMARTS) is 1. The number of aliphatic carboxylic acids is 1. The Balaban J connectivity index is 2.42. The molecule has 0 spiro atoms. The van der Waals surface area contributed by atoms with Crippen LogP contribution in [0.2, 0.25) is 0 Å². The summed E-state index contributed by atoms with van der Waals surface area (Å²) in [5, 5.41) is 24.4. The van der Waals surface area contributed by atoms with Gasteiger partial charge in [0.25, 0.3) is 0 Å². The number of anilines is 1. The molecule has 7 nitrogen and oxygen atoms in total. The number of carbonyl (C=O) groups excluding carboxylic acids is 1. The molecule has 4 N–H and O–H groups in total. The molecule has 1 atom stereocenters. The molecule has 1 heterocycles. The molecule has 0 saturated carbocycles. The van der Waals surface area contributed by atoms with Crippen LogP contribution in [-0.4, -0.2) is 39.8 Å². The zero-order valence-corrected chi connectivity index (χ0v) is 10.8. The zero-order valence-electron chi connectivity index (χ0n) is 10.0. The van der Waals surface area contributed by atoms with Crippen molar-refractivity contribution in [2.75, 3.05) is 11.9 Å². The lowest BCUT2D eigenvalue weighted by Gasteiger charge is -2.07. The smallest absolute Gasteiger partial charge is 0.334 e. The van der Waals surface area contributed by atoms with Gasteiger partial charge in [0.2, 0.25) is 0 Å². The van der Waals surface area contributed by atoms with Gasteiger partial charge in [-0.3, -0.25) is 5.32 Å². The summed E-state index contributed by atoms with van der Waals surface area (Å²) < 4.78 is 0. The number of amides is 2. The van der Waals surface area contributed by atoms with E-state index in [-0.39, 0.29) is 12.5 Å². The maximum Gasteiger partial charge on any atom is 0.334 e. The van der Waals surface area contributed by atoms with E-state index in [0.717, 1.165) is 5.69 Å². The Morgan fingerprint density at radius 1 is 1.50 bits per heavy atom. The number of hydrogen-bond donors (Lipinski definition) is 4. The SMILES string of the molecule is CC(C)c1csc(NC(=O)NCC(O)C(=O)O)n1. The van der Waals surface area contributed by atoms with Crippen LogP contribution in [0.4, 0.5) is 9.93 Å². The third kappa shape index (κ3) is 4.30. The minimum Gasteiger partial charge on any atom is -0.479 e. The summed E-state index contributed by atoms with van der Waals surface area (Å²) in [6.07, 6.45) is -1.61. The Morgan fingerprint density at radius 2 is 2.17 bits per heavy atom. The van der Waals surface area contributed by atoms with Gasteiger partial charge in [-0.2, -0.15) is 0 Å². The second kappa shape index (κ2) is 6.31. The maximum atomic E-state index is 11.4. The lowest BCUT2D eigenvalue weighted by molar-refractivity contribution is -0.146. The van der Waals surface area contributed by atoms with Gasteiger partial charge in [-0.25, -0.2) is 14.6 Å². The molecule has 0 radical (unpaired) electrons. The first-order valence-corrected chi connectivity index (χ1v) is 6.19. The van der Waals surface area contributed by atoms with Crippen molar-refractivity contribution < 1.29 is 19.8 Å². The van der Waals surface area contributed by atoms with E-state index in [1.165, 1.54) is 11.3 Å². The number of urea groups is 1. The Labute approximate surface area is 108 Å². The molecule has 0 bridgehead atoms. The van der Waals surface area contributed by atoms with Gasteiger partial charge >= 0.3 is 12.0 Å². The highest BCUT2D eigenvalue weighted by Gasteiger charge is 2.14. The number of thiazole rings is 1.